The smallest absolute Gasteiger partial charge is 0.125 e. The number of hydrogen-bond donors (Lipinski definition) is 1. The fourth-order valence-corrected chi connectivity index (χ4v) is 3.82. The van der Waals surface area contributed by atoms with Crippen LogP contribution in [0.3, 0.4) is 0 Å². The fourth-order valence-electron chi connectivity index (χ4n) is 3.48. The quantitative estimate of drug-likeness (QED) is 0.896. The van der Waals surface area contributed by atoms with Gasteiger partial charge in [-0.15, -0.1) is 0 Å². The molecule has 0 aliphatic carbocycles. The summed E-state index contributed by atoms with van der Waals surface area (Å²) < 4.78 is 7.00. The van der Waals surface area contributed by atoms with E-state index < -0.39 is 0 Å². The van der Waals surface area contributed by atoms with Gasteiger partial charge in [0.15, 0.2) is 0 Å². The van der Waals surface area contributed by atoms with Crippen molar-refractivity contribution >= 4 is 15.9 Å². The summed E-state index contributed by atoms with van der Waals surface area (Å²) in [6, 6.07) is 7.48. The monoisotopic (exact) mass is 352 g/mol. The number of likely N-dealkylation sites (N-methyl/N-ethyl adjacent to an activating group) is 1. The normalized spacial score (nSPS) is 26.8. The molecule has 1 fully saturated rings. The summed E-state index contributed by atoms with van der Waals surface area (Å²) in [4.78, 5) is 2.55. The molecule has 2 aliphatic heterocycles. The van der Waals surface area contributed by atoms with Gasteiger partial charge in [-0.25, -0.2) is 0 Å². The van der Waals surface area contributed by atoms with E-state index in [-0.39, 0.29) is 0 Å². The number of ether oxygens (including phenoxy) is 1. The fraction of sp³-hybridized carbons (Fsp3) is 0.647. The topological polar surface area (TPSA) is 24.5 Å². The largest absolute Gasteiger partial charge is 0.493 e. The van der Waals surface area contributed by atoms with Crippen LogP contribution in [-0.4, -0.2) is 37.2 Å². The summed E-state index contributed by atoms with van der Waals surface area (Å²) in [6.07, 6.45) is 4.88. The van der Waals surface area contributed by atoms with Gasteiger partial charge in [0.05, 0.1) is 6.61 Å². The van der Waals surface area contributed by atoms with Crippen molar-refractivity contribution in [3.8, 4) is 5.75 Å². The molecule has 2 atom stereocenters. The first-order valence-electron chi connectivity index (χ1n) is 8.17. The Morgan fingerprint density at radius 1 is 1.33 bits per heavy atom. The standard InChI is InChI=1S/C17H25BrN2O/c1-2-20-9-3-5-14(12-20)19-16-6-4-10-21-17-11-13(18)7-8-15(16)17/h7-8,11,14,16,19H,2-6,9-10,12H2,1H3. The van der Waals surface area contributed by atoms with E-state index in [0.29, 0.717) is 12.1 Å². The van der Waals surface area contributed by atoms with Gasteiger partial charge >= 0.3 is 0 Å². The lowest BCUT2D eigenvalue weighted by Gasteiger charge is -2.35. The highest BCUT2D eigenvalue weighted by atomic mass is 79.9. The number of halogens is 1. The molecule has 0 spiro atoms. The van der Waals surface area contributed by atoms with Crippen LogP contribution in [0.15, 0.2) is 22.7 Å². The van der Waals surface area contributed by atoms with Crippen LogP contribution in [0.2, 0.25) is 0 Å². The Bertz CT molecular complexity index is 480. The van der Waals surface area contributed by atoms with Crippen molar-refractivity contribution in [3.63, 3.8) is 0 Å². The Morgan fingerprint density at radius 3 is 3.10 bits per heavy atom. The molecule has 3 nitrogen and oxygen atoms in total. The van der Waals surface area contributed by atoms with Crippen LogP contribution in [0.4, 0.5) is 0 Å². The minimum Gasteiger partial charge on any atom is -0.493 e. The van der Waals surface area contributed by atoms with Gasteiger partial charge in [-0.2, -0.15) is 0 Å². The van der Waals surface area contributed by atoms with Crippen molar-refractivity contribution in [2.24, 2.45) is 0 Å². The highest BCUT2D eigenvalue weighted by Gasteiger charge is 2.25. The highest BCUT2D eigenvalue weighted by Crippen LogP contribution is 2.34. The highest BCUT2D eigenvalue weighted by molar-refractivity contribution is 9.10. The minimum atomic E-state index is 0.428. The summed E-state index contributed by atoms with van der Waals surface area (Å²) in [6.45, 7) is 6.68. The molecule has 3 rings (SSSR count). The molecular weight excluding hydrogens is 328 g/mol. The third kappa shape index (κ3) is 3.79. The summed E-state index contributed by atoms with van der Waals surface area (Å²) in [5, 5.41) is 3.90. The lowest BCUT2D eigenvalue weighted by atomic mass is 9.98. The zero-order chi connectivity index (χ0) is 14.7. The number of fused-ring (bicyclic) bond motifs is 1. The van der Waals surface area contributed by atoms with Crippen LogP contribution in [0.5, 0.6) is 5.75 Å². The maximum Gasteiger partial charge on any atom is 0.125 e. The van der Waals surface area contributed by atoms with E-state index >= 15 is 0 Å². The van der Waals surface area contributed by atoms with Crippen molar-refractivity contribution < 1.29 is 4.74 Å². The molecule has 2 aliphatic rings. The average Bonchev–Trinajstić information content (AvgIpc) is 2.69. The molecule has 1 aromatic rings. The van der Waals surface area contributed by atoms with Crippen molar-refractivity contribution in [2.45, 2.75) is 44.7 Å². The molecule has 0 aromatic heterocycles. The van der Waals surface area contributed by atoms with Gasteiger partial charge in [0.1, 0.15) is 5.75 Å². The van der Waals surface area contributed by atoms with Crippen LogP contribution in [0.25, 0.3) is 0 Å². The number of hydrogen-bond acceptors (Lipinski definition) is 3. The molecular formula is C17H25BrN2O. The lowest BCUT2D eigenvalue weighted by Crippen LogP contribution is -2.46. The van der Waals surface area contributed by atoms with Gasteiger partial charge in [-0.3, -0.25) is 0 Å². The Kier molecular flexibility index (Phi) is 5.19. The molecule has 4 heteroatoms. The summed E-state index contributed by atoms with van der Waals surface area (Å²) in [5.41, 5.74) is 1.32. The first-order chi connectivity index (χ1) is 10.3. The van der Waals surface area contributed by atoms with Crippen LogP contribution in [0.1, 0.15) is 44.2 Å². The average molecular weight is 353 g/mol. The van der Waals surface area contributed by atoms with Crippen molar-refractivity contribution in [1.29, 1.82) is 0 Å². The second-order valence-corrected chi connectivity index (χ2v) is 7.04. The number of nitrogens with zero attached hydrogens (tertiary/aromatic N) is 1. The molecule has 0 amide bonds. The van der Waals surface area contributed by atoms with Gasteiger partial charge in [-0.1, -0.05) is 28.9 Å². The summed E-state index contributed by atoms with van der Waals surface area (Å²) in [5.74, 6) is 1.04. The Hall–Kier alpha value is -0.580. The molecule has 0 radical (unpaired) electrons. The number of nitrogens with one attached hydrogen (secondary N) is 1. The van der Waals surface area contributed by atoms with Gasteiger partial charge in [0, 0.05) is 28.7 Å². The van der Waals surface area contributed by atoms with Gasteiger partial charge in [0.2, 0.25) is 0 Å². The van der Waals surface area contributed by atoms with E-state index in [0.717, 1.165) is 36.2 Å². The molecule has 2 unspecified atom stereocenters. The maximum absolute atomic E-state index is 5.91. The third-order valence-corrected chi connectivity index (χ3v) is 5.13. The van der Waals surface area contributed by atoms with E-state index in [4.69, 9.17) is 4.74 Å². The molecule has 1 N–H and O–H groups in total. The van der Waals surface area contributed by atoms with E-state index in [1.54, 1.807) is 0 Å². The third-order valence-electron chi connectivity index (χ3n) is 4.64. The second-order valence-electron chi connectivity index (χ2n) is 6.12. The molecule has 116 valence electrons. The van der Waals surface area contributed by atoms with Crippen molar-refractivity contribution in [3.05, 3.63) is 28.2 Å². The van der Waals surface area contributed by atoms with Crippen LogP contribution < -0.4 is 10.1 Å². The predicted molar refractivity (Wildman–Crippen MR) is 89.9 cm³/mol. The van der Waals surface area contributed by atoms with Gasteiger partial charge in [0.25, 0.3) is 0 Å². The van der Waals surface area contributed by atoms with Crippen LogP contribution >= 0.6 is 15.9 Å². The molecule has 1 aromatic carbocycles. The molecule has 2 heterocycles. The predicted octanol–water partition coefficient (Wildman–Crippen LogP) is 3.74. The minimum absolute atomic E-state index is 0.428. The first-order valence-corrected chi connectivity index (χ1v) is 8.96. The number of piperidine rings is 1. The van der Waals surface area contributed by atoms with E-state index in [2.05, 4.69) is 51.3 Å². The Labute approximate surface area is 136 Å². The molecule has 0 saturated carbocycles. The van der Waals surface area contributed by atoms with Crippen molar-refractivity contribution in [2.75, 3.05) is 26.2 Å². The van der Waals surface area contributed by atoms with E-state index in [1.807, 2.05) is 0 Å². The number of rotatable bonds is 3. The SMILES string of the molecule is CCN1CCCC(NC2CCCOc3cc(Br)ccc32)C1. The second kappa shape index (κ2) is 7.12. The Morgan fingerprint density at radius 2 is 2.24 bits per heavy atom. The molecule has 21 heavy (non-hydrogen) atoms. The van der Waals surface area contributed by atoms with E-state index in [9.17, 15) is 0 Å². The zero-order valence-corrected chi connectivity index (χ0v) is 14.4. The van der Waals surface area contributed by atoms with Gasteiger partial charge < -0.3 is 15.0 Å². The van der Waals surface area contributed by atoms with Crippen molar-refractivity contribution in [1.82, 2.24) is 10.2 Å². The van der Waals surface area contributed by atoms with E-state index in [1.165, 1.54) is 31.5 Å². The first kappa shape index (κ1) is 15.3. The van der Waals surface area contributed by atoms with Crippen LogP contribution in [-0.2, 0) is 0 Å². The molecule has 1 saturated heterocycles. The summed E-state index contributed by atoms with van der Waals surface area (Å²) >= 11 is 3.54. The maximum atomic E-state index is 5.91. The van der Waals surface area contributed by atoms with Gasteiger partial charge in [-0.05, 0) is 50.9 Å². The number of benzene rings is 1. The molecule has 0 bridgehead atoms. The zero-order valence-electron chi connectivity index (χ0n) is 12.8. The summed E-state index contributed by atoms with van der Waals surface area (Å²) in [7, 11) is 0. The van der Waals surface area contributed by atoms with Crippen LogP contribution in [0, 0.1) is 0 Å². The Balaban J connectivity index is 1.73. The number of likely N-dealkylation sites (tertiary alicyclic amines) is 1. The lowest BCUT2D eigenvalue weighted by molar-refractivity contribution is 0.188.